The zero-order valence-corrected chi connectivity index (χ0v) is 14.8. The first kappa shape index (κ1) is 16.5. The first-order chi connectivity index (χ1) is 12.7. The van der Waals surface area contributed by atoms with E-state index in [4.69, 9.17) is 0 Å². The van der Waals surface area contributed by atoms with E-state index in [1.807, 2.05) is 52.9 Å². The molecule has 0 bridgehead atoms. The van der Waals surface area contributed by atoms with Crippen LogP contribution in [0.2, 0.25) is 0 Å². The summed E-state index contributed by atoms with van der Waals surface area (Å²) >= 11 is 0. The normalized spacial score (nSPS) is 17.0. The van der Waals surface area contributed by atoms with Gasteiger partial charge in [-0.2, -0.15) is 5.10 Å². The molecule has 1 saturated heterocycles. The molecule has 26 heavy (non-hydrogen) atoms. The molecule has 134 valence electrons. The number of nitrogens with zero attached hydrogens (tertiary/aromatic N) is 6. The largest absolute Gasteiger partial charge is 0.337 e. The lowest BCUT2D eigenvalue weighted by atomic mass is 10.0. The van der Waals surface area contributed by atoms with Crippen molar-refractivity contribution in [1.29, 1.82) is 0 Å². The van der Waals surface area contributed by atoms with Gasteiger partial charge in [0, 0.05) is 37.9 Å². The lowest BCUT2D eigenvalue weighted by molar-refractivity contribution is 0.0780. The molecule has 2 aromatic heterocycles. The fourth-order valence-corrected chi connectivity index (χ4v) is 3.46. The highest BCUT2D eigenvalue weighted by atomic mass is 16.2. The number of aryl methyl sites for hydroxylation is 1. The molecule has 1 aliphatic rings. The highest BCUT2D eigenvalue weighted by Crippen LogP contribution is 2.22. The van der Waals surface area contributed by atoms with Crippen LogP contribution in [-0.4, -0.2) is 48.4 Å². The van der Waals surface area contributed by atoms with Crippen molar-refractivity contribution in [3.8, 4) is 5.69 Å². The summed E-state index contributed by atoms with van der Waals surface area (Å²) in [5.41, 5.74) is 1.59. The Morgan fingerprint density at radius 1 is 1.23 bits per heavy atom. The number of amides is 1. The zero-order valence-electron chi connectivity index (χ0n) is 14.8. The minimum Gasteiger partial charge on any atom is -0.337 e. The summed E-state index contributed by atoms with van der Waals surface area (Å²) in [4.78, 5) is 14.5. The van der Waals surface area contributed by atoms with Gasteiger partial charge < -0.3 is 4.90 Å². The van der Waals surface area contributed by atoms with Crippen molar-refractivity contribution in [3.63, 3.8) is 0 Å². The molecule has 0 saturated carbocycles. The van der Waals surface area contributed by atoms with E-state index in [1.54, 1.807) is 17.1 Å². The number of hydrogen-bond acceptors (Lipinski definition) is 4. The van der Waals surface area contributed by atoms with Crippen LogP contribution in [0.25, 0.3) is 5.69 Å². The molecule has 1 atom stereocenters. The molecule has 3 heterocycles. The fraction of sp³-hybridized carbons (Fsp3) is 0.368. The molecule has 0 spiro atoms. The van der Waals surface area contributed by atoms with Gasteiger partial charge in [-0.3, -0.25) is 14.0 Å². The smallest absolute Gasteiger partial charge is 0.274 e. The molecule has 1 unspecified atom stereocenters. The lowest BCUT2D eigenvalue weighted by Crippen LogP contribution is -2.29. The predicted octanol–water partition coefficient (Wildman–Crippen LogP) is 2.19. The first-order valence-electron chi connectivity index (χ1n) is 9.01. The van der Waals surface area contributed by atoms with Crippen LogP contribution >= 0.6 is 0 Å². The predicted molar refractivity (Wildman–Crippen MR) is 97.0 cm³/mol. The van der Waals surface area contributed by atoms with Gasteiger partial charge in [0.15, 0.2) is 0 Å². The van der Waals surface area contributed by atoms with Crippen molar-refractivity contribution in [3.05, 3.63) is 60.4 Å². The van der Waals surface area contributed by atoms with Crippen molar-refractivity contribution in [2.75, 3.05) is 13.1 Å². The summed E-state index contributed by atoms with van der Waals surface area (Å²) in [7, 11) is 0. The highest BCUT2D eigenvalue weighted by molar-refractivity contribution is 5.92. The van der Waals surface area contributed by atoms with E-state index in [0.717, 1.165) is 44.0 Å². The van der Waals surface area contributed by atoms with Crippen LogP contribution in [0, 0.1) is 5.92 Å². The van der Waals surface area contributed by atoms with Crippen LogP contribution in [0.3, 0.4) is 0 Å². The maximum atomic E-state index is 12.6. The Kier molecular flexibility index (Phi) is 4.51. The van der Waals surface area contributed by atoms with Crippen molar-refractivity contribution in [2.24, 2.45) is 5.92 Å². The number of hydrogen-bond donors (Lipinski definition) is 0. The Labute approximate surface area is 152 Å². The second-order valence-corrected chi connectivity index (χ2v) is 6.62. The van der Waals surface area contributed by atoms with Gasteiger partial charge in [-0.05, 0) is 37.5 Å². The molecule has 0 N–H and O–H groups in total. The first-order valence-corrected chi connectivity index (χ1v) is 9.01. The van der Waals surface area contributed by atoms with Crippen LogP contribution in [-0.2, 0) is 13.0 Å². The summed E-state index contributed by atoms with van der Waals surface area (Å²) in [6.45, 7) is 4.28. The molecule has 1 aromatic carbocycles. The average Bonchev–Trinajstić information content (AvgIpc) is 3.43. The van der Waals surface area contributed by atoms with E-state index >= 15 is 0 Å². The monoisotopic (exact) mass is 350 g/mol. The topological polar surface area (TPSA) is 68.8 Å². The SMILES string of the molecule is CCn1ccc(C(=O)N2CCC(Cc3nncn3-c3ccccc3)C2)n1. The highest BCUT2D eigenvalue weighted by Gasteiger charge is 2.29. The zero-order chi connectivity index (χ0) is 17.9. The average molecular weight is 350 g/mol. The number of likely N-dealkylation sites (tertiary alicyclic amines) is 1. The quantitative estimate of drug-likeness (QED) is 0.707. The Balaban J connectivity index is 1.42. The van der Waals surface area contributed by atoms with Gasteiger partial charge in [-0.25, -0.2) is 0 Å². The summed E-state index contributed by atoms with van der Waals surface area (Å²) in [5, 5.41) is 12.7. The van der Waals surface area contributed by atoms with E-state index in [9.17, 15) is 4.79 Å². The minimum atomic E-state index is 0.0178. The van der Waals surface area contributed by atoms with Crippen molar-refractivity contribution in [2.45, 2.75) is 26.3 Å². The van der Waals surface area contributed by atoms with Crippen LogP contribution in [0.1, 0.15) is 29.7 Å². The van der Waals surface area contributed by atoms with Gasteiger partial charge in [-0.15, -0.1) is 10.2 Å². The van der Waals surface area contributed by atoms with Gasteiger partial charge in [0.25, 0.3) is 5.91 Å². The molecular formula is C19H22N6O. The number of aromatic nitrogens is 5. The van der Waals surface area contributed by atoms with Crippen molar-refractivity contribution in [1.82, 2.24) is 29.4 Å². The molecule has 4 rings (SSSR count). The summed E-state index contributed by atoms with van der Waals surface area (Å²) in [6, 6.07) is 11.9. The maximum absolute atomic E-state index is 12.6. The van der Waals surface area contributed by atoms with Gasteiger partial charge >= 0.3 is 0 Å². The minimum absolute atomic E-state index is 0.0178. The molecule has 7 nitrogen and oxygen atoms in total. The van der Waals surface area contributed by atoms with E-state index in [-0.39, 0.29) is 5.91 Å². The van der Waals surface area contributed by atoms with Crippen molar-refractivity contribution < 1.29 is 4.79 Å². The van der Waals surface area contributed by atoms with E-state index in [2.05, 4.69) is 15.3 Å². The van der Waals surface area contributed by atoms with Gasteiger partial charge in [0.05, 0.1) is 0 Å². The fourth-order valence-electron chi connectivity index (χ4n) is 3.46. The number of para-hydroxylation sites is 1. The third-order valence-corrected chi connectivity index (χ3v) is 4.88. The van der Waals surface area contributed by atoms with Gasteiger partial charge in [0.2, 0.25) is 0 Å². The second-order valence-electron chi connectivity index (χ2n) is 6.62. The Morgan fingerprint density at radius 3 is 2.85 bits per heavy atom. The van der Waals surface area contributed by atoms with Crippen LogP contribution in [0.4, 0.5) is 0 Å². The Hall–Kier alpha value is -2.96. The van der Waals surface area contributed by atoms with E-state index in [1.165, 1.54) is 0 Å². The summed E-state index contributed by atoms with van der Waals surface area (Å²) in [6.07, 6.45) is 5.38. The number of carbonyl (C=O) groups is 1. The second kappa shape index (κ2) is 7.11. The molecule has 1 aliphatic heterocycles. The molecule has 3 aromatic rings. The molecule has 1 fully saturated rings. The van der Waals surface area contributed by atoms with Crippen LogP contribution < -0.4 is 0 Å². The molecule has 7 heteroatoms. The third-order valence-electron chi connectivity index (χ3n) is 4.88. The molecule has 0 aliphatic carbocycles. The van der Waals surface area contributed by atoms with Gasteiger partial charge in [0.1, 0.15) is 17.8 Å². The molecule has 1 amide bonds. The molecular weight excluding hydrogens is 328 g/mol. The maximum Gasteiger partial charge on any atom is 0.274 e. The van der Waals surface area contributed by atoms with Crippen molar-refractivity contribution >= 4 is 5.91 Å². The Bertz CT molecular complexity index is 884. The van der Waals surface area contributed by atoms with E-state index in [0.29, 0.717) is 11.6 Å². The third kappa shape index (κ3) is 3.24. The standard InChI is InChI=1S/C19H22N6O/c1-2-24-11-9-17(22-24)19(26)23-10-8-15(13-23)12-18-21-20-14-25(18)16-6-4-3-5-7-16/h3-7,9,11,14-15H,2,8,10,12-13H2,1H3. The summed E-state index contributed by atoms with van der Waals surface area (Å²) < 4.78 is 3.80. The Morgan fingerprint density at radius 2 is 2.08 bits per heavy atom. The molecule has 0 radical (unpaired) electrons. The van der Waals surface area contributed by atoms with Gasteiger partial charge in [-0.1, -0.05) is 18.2 Å². The number of carbonyl (C=O) groups excluding carboxylic acids is 1. The van der Waals surface area contributed by atoms with Crippen LogP contribution in [0.5, 0.6) is 0 Å². The number of rotatable bonds is 5. The van der Waals surface area contributed by atoms with E-state index < -0.39 is 0 Å². The number of benzene rings is 1. The summed E-state index contributed by atoms with van der Waals surface area (Å²) in [5.74, 6) is 1.34. The lowest BCUT2D eigenvalue weighted by Gasteiger charge is -2.15. The van der Waals surface area contributed by atoms with Crippen LogP contribution in [0.15, 0.2) is 48.9 Å².